The van der Waals surface area contributed by atoms with Crippen molar-refractivity contribution < 1.29 is 5.11 Å². The van der Waals surface area contributed by atoms with Crippen LogP contribution in [0.15, 0.2) is 0 Å². The van der Waals surface area contributed by atoms with Crippen LogP contribution in [0, 0.1) is 12.8 Å². The molecule has 92 valence electrons. The van der Waals surface area contributed by atoms with E-state index in [1.807, 2.05) is 39.3 Å². The fraction of sp³-hybridized carbons (Fsp3) is 0.750. The average molecular weight is 245 g/mol. The van der Waals surface area contributed by atoms with Crippen LogP contribution in [0.2, 0.25) is 5.02 Å². The summed E-state index contributed by atoms with van der Waals surface area (Å²) in [5.74, 6) is 0.184. The highest BCUT2D eigenvalue weighted by molar-refractivity contribution is 6.31. The van der Waals surface area contributed by atoms with Crippen molar-refractivity contribution >= 4 is 11.6 Å². The smallest absolute Gasteiger partial charge is 0.0848 e. The van der Waals surface area contributed by atoms with Gasteiger partial charge in [0.1, 0.15) is 0 Å². The van der Waals surface area contributed by atoms with Gasteiger partial charge < -0.3 is 5.11 Å². The average Bonchev–Trinajstić information content (AvgIpc) is 2.45. The topological polar surface area (TPSA) is 38.0 Å². The van der Waals surface area contributed by atoms with Crippen molar-refractivity contribution in [2.45, 2.75) is 53.2 Å². The molecule has 0 bridgehead atoms. The van der Waals surface area contributed by atoms with Crippen LogP contribution in [0.4, 0.5) is 0 Å². The van der Waals surface area contributed by atoms with Crippen LogP contribution >= 0.6 is 11.6 Å². The van der Waals surface area contributed by atoms with Crippen molar-refractivity contribution in [1.82, 2.24) is 9.78 Å². The van der Waals surface area contributed by atoms with Crippen LogP contribution in [-0.2, 0) is 13.0 Å². The molecule has 0 radical (unpaired) electrons. The van der Waals surface area contributed by atoms with Gasteiger partial charge in [0.25, 0.3) is 0 Å². The van der Waals surface area contributed by atoms with Gasteiger partial charge in [0.05, 0.1) is 22.0 Å². The van der Waals surface area contributed by atoms with Crippen LogP contribution in [0.1, 0.15) is 39.1 Å². The highest BCUT2D eigenvalue weighted by atomic mass is 35.5. The summed E-state index contributed by atoms with van der Waals surface area (Å²) < 4.78 is 1.87. The van der Waals surface area contributed by atoms with Gasteiger partial charge in [0, 0.05) is 13.0 Å². The van der Waals surface area contributed by atoms with E-state index in [2.05, 4.69) is 5.10 Å². The lowest BCUT2D eigenvalue weighted by molar-refractivity contribution is 0.0122. The molecule has 1 aromatic heterocycles. The van der Waals surface area contributed by atoms with Gasteiger partial charge in [-0.25, -0.2) is 0 Å². The first kappa shape index (κ1) is 13.5. The van der Waals surface area contributed by atoms with E-state index in [0.29, 0.717) is 11.4 Å². The summed E-state index contributed by atoms with van der Waals surface area (Å²) in [5, 5.41) is 15.3. The molecule has 16 heavy (non-hydrogen) atoms. The standard InChI is InChI=1S/C12H21ClN2O/c1-6-15-10(11(13)9(4)14-15)7-12(5,16)8(2)3/h8,16H,6-7H2,1-5H3. The van der Waals surface area contributed by atoms with Crippen molar-refractivity contribution in [2.75, 3.05) is 0 Å². The molecule has 0 saturated heterocycles. The van der Waals surface area contributed by atoms with Gasteiger partial charge in [-0.1, -0.05) is 25.4 Å². The highest BCUT2D eigenvalue weighted by Crippen LogP contribution is 2.28. The maximum atomic E-state index is 10.3. The molecular formula is C12H21ClN2O. The summed E-state index contributed by atoms with van der Waals surface area (Å²) in [6.07, 6.45) is 0.540. The highest BCUT2D eigenvalue weighted by Gasteiger charge is 2.28. The third-order valence-electron chi connectivity index (χ3n) is 3.22. The predicted octanol–water partition coefficient (Wildman–Crippen LogP) is 2.81. The molecule has 1 unspecified atom stereocenters. The summed E-state index contributed by atoms with van der Waals surface area (Å²) in [4.78, 5) is 0. The van der Waals surface area contributed by atoms with Gasteiger partial charge in [0.15, 0.2) is 0 Å². The van der Waals surface area contributed by atoms with Gasteiger partial charge in [-0.3, -0.25) is 4.68 Å². The summed E-state index contributed by atoms with van der Waals surface area (Å²) in [7, 11) is 0. The Balaban J connectivity index is 3.05. The largest absolute Gasteiger partial charge is 0.390 e. The van der Waals surface area contributed by atoms with Crippen LogP contribution in [0.25, 0.3) is 0 Å². The van der Waals surface area contributed by atoms with Gasteiger partial charge >= 0.3 is 0 Å². The van der Waals surface area contributed by atoms with Crippen molar-refractivity contribution in [1.29, 1.82) is 0 Å². The van der Waals surface area contributed by atoms with Crippen molar-refractivity contribution in [3.63, 3.8) is 0 Å². The molecule has 0 amide bonds. The Bertz CT molecular complexity index is 369. The molecule has 0 spiro atoms. The second kappa shape index (κ2) is 4.76. The lowest BCUT2D eigenvalue weighted by atomic mass is 9.88. The number of aromatic nitrogens is 2. The first-order valence-corrected chi connectivity index (χ1v) is 6.11. The lowest BCUT2D eigenvalue weighted by Gasteiger charge is -2.28. The summed E-state index contributed by atoms with van der Waals surface area (Å²) in [5.41, 5.74) is 1.02. The van der Waals surface area contributed by atoms with Crippen LogP contribution in [0.5, 0.6) is 0 Å². The molecule has 3 nitrogen and oxygen atoms in total. The Hall–Kier alpha value is -0.540. The van der Waals surface area contributed by atoms with Gasteiger partial charge in [0.2, 0.25) is 0 Å². The number of hydrogen-bond acceptors (Lipinski definition) is 2. The van der Waals surface area contributed by atoms with Crippen molar-refractivity contribution in [3.8, 4) is 0 Å². The Morgan fingerprint density at radius 2 is 2.06 bits per heavy atom. The van der Waals surface area contributed by atoms with E-state index >= 15 is 0 Å². The second-order valence-corrected chi connectivity index (χ2v) is 5.23. The third-order valence-corrected chi connectivity index (χ3v) is 3.71. The predicted molar refractivity (Wildman–Crippen MR) is 66.8 cm³/mol. The van der Waals surface area contributed by atoms with E-state index in [0.717, 1.165) is 17.9 Å². The number of nitrogens with zero attached hydrogens (tertiary/aromatic N) is 2. The van der Waals surface area contributed by atoms with Crippen LogP contribution in [0.3, 0.4) is 0 Å². The maximum absolute atomic E-state index is 10.3. The zero-order valence-corrected chi connectivity index (χ0v) is 11.5. The van der Waals surface area contributed by atoms with E-state index in [-0.39, 0.29) is 5.92 Å². The molecule has 1 atom stereocenters. The minimum atomic E-state index is -0.747. The first-order chi connectivity index (χ1) is 7.29. The van der Waals surface area contributed by atoms with E-state index in [1.165, 1.54) is 0 Å². The zero-order valence-electron chi connectivity index (χ0n) is 10.7. The Kier molecular flexibility index (Phi) is 4.02. The number of halogens is 1. The Morgan fingerprint density at radius 1 is 1.50 bits per heavy atom. The number of aryl methyl sites for hydroxylation is 2. The fourth-order valence-corrected chi connectivity index (χ4v) is 1.78. The van der Waals surface area contributed by atoms with E-state index < -0.39 is 5.60 Å². The van der Waals surface area contributed by atoms with Crippen molar-refractivity contribution in [3.05, 3.63) is 16.4 Å². The monoisotopic (exact) mass is 244 g/mol. The van der Waals surface area contributed by atoms with E-state index in [1.54, 1.807) is 0 Å². The Morgan fingerprint density at radius 3 is 2.50 bits per heavy atom. The quantitative estimate of drug-likeness (QED) is 0.885. The number of rotatable bonds is 4. The van der Waals surface area contributed by atoms with Crippen LogP contribution < -0.4 is 0 Å². The molecule has 4 heteroatoms. The molecule has 1 heterocycles. The molecule has 1 rings (SSSR count). The number of aliphatic hydroxyl groups is 1. The SMILES string of the molecule is CCn1nc(C)c(Cl)c1CC(C)(O)C(C)C. The molecule has 0 aliphatic rings. The fourth-order valence-electron chi connectivity index (χ4n) is 1.58. The van der Waals surface area contributed by atoms with Gasteiger partial charge in [-0.2, -0.15) is 5.10 Å². The molecule has 0 aliphatic carbocycles. The normalized spacial score (nSPS) is 15.5. The summed E-state index contributed by atoms with van der Waals surface area (Å²) in [6.45, 7) is 10.5. The third kappa shape index (κ3) is 2.58. The first-order valence-electron chi connectivity index (χ1n) is 5.73. The molecule has 0 aliphatic heterocycles. The maximum Gasteiger partial charge on any atom is 0.0848 e. The van der Waals surface area contributed by atoms with E-state index in [4.69, 9.17) is 11.6 Å². The van der Waals surface area contributed by atoms with E-state index in [9.17, 15) is 5.11 Å². The molecule has 0 aromatic carbocycles. The number of hydrogen-bond donors (Lipinski definition) is 1. The molecular weight excluding hydrogens is 224 g/mol. The van der Waals surface area contributed by atoms with Crippen LogP contribution in [-0.4, -0.2) is 20.5 Å². The summed E-state index contributed by atoms with van der Waals surface area (Å²) >= 11 is 6.21. The zero-order chi connectivity index (χ0) is 12.5. The van der Waals surface area contributed by atoms with Gasteiger partial charge in [-0.15, -0.1) is 0 Å². The minimum absolute atomic E-state index is 0.184. The van der Waals surface area contributed by atoms with Crippen molar-refractivity contribution in [2.24, 2.45) is 5.92 Å². The molecule has 1 aromatic rings. The minimum Gasteiger partial charge on any atom is -0.390 e. The second-order valence-electron chi connectivity index (χ2n) is 4.85. The lowest BCUT2D eigenvalue weighted by Crippen LogP contribution is -2.34. The Labute approximate surface area is 102 Å². The van der Waals surface area contributed by atoms with Gasteiger partial charge in [-0.05, 0) is 26.7 Å². The molecule has 1 N–H and O–H groups in total. The summed E-state index contributed by atoms with van der Waals surface area (Å²) in [6, 6.07) is 0. The molecule has 0 fully saturated rings. The molecule has 0 saturated carbocycles.